The second-order valence-electron chi connectivity index (χ2n) is 6.27. The van der Waals surface area contributed by atoms with Crippen LogP contribution in [0.1, 0.15) is 11.1 Å². The number of nitrogens with one attached hydrogen (secondary N) is 1. The fraction of sp³-hybridized carbons (Fsp3) is 0.136. The predicted molar refractivity (Wildman–Crippen MR) is 116 cm³/mol. The van der Waals surface area contributed by atoms with Gasteiger partial charge in [-0.05, 0) is 71.9 Å². The largest absolute Gasteiger partial charge is 0.497 e. The lowest BCUT2D eigenvalue weighted by atomic mass is 10.1. The normalized spacial score (nSPS) is 10.4. The first-order valence-electron chi connectivity index (χ1n) is 8.72. The lowest BCUT2D eigenvalue weighted by Gasteiger charge is -2.26. The molecule has 0 saturated heterocycles. The van der Waals surface area contributed by atoms with Crippen molar-refractivity contribution in [3.05, 3.63) is 94.8 Å². The molecular formula is C22H20ClFN2OS. The molecule has 3 rings (SSSR count). The van der Waals surface area contributed by atoms with Crippen LogP contribution in [0.5, 0.6) is 5.75 Å². The van der Waals surface area contributed by atoms with Gasteiger partial charge in [0.25, 0.3) is 0 Å². The lowest BCUT2D eigenvalue weighted by Crippen LogP contribution is -2.33. The Morgan fingerprint density at radius 2 is 1.46 bits per heavy atom. The highest BCUT2D eigenvalue weighted by Gasteiger charge is 2.12. The van der Waals surface area contributed by atoms with Crippen LogP contribution in [0.15, 0.2) is 72.8 Å². The molecule has 3 aromatic carbocycles. The summed E-state index contributed by atoms with van der Waals surface area (Å²) in [6.45, 7) is 1.15. The summed E-state index contributed by atoms with van der Waals surface area (Å²) in [5, 5.41) is 4.48. The summed E-state index contributed by atoms with van der Waals surface area (Å²) in [5.41, 5.74) is 2.91. The third-order valence-electron chi connectivity index (χ3n) is 4.20. The summed E-state index contributed by atoms with van der Waals surface area (Å²) in [5.74, 6) is 0.544. The minimum Gasteiger partial charge on any atom is -0.497 e. The van der Waals surface area contributed by atoms with Gasteiger partial charge in [0.1, 0.15) is 11.6 Å². The van der Waals surface area contributed by atoms with Gasteiger partial charge in [-0.15, -0.1) is 0 Å². The molecule has 1 N–H and O–H groups in total. The van der Waals surface area contributed by atoms with Gasteiger partial charge in [-0.25, -0.2) is 4.39 Å². The van der Waals surface area contributed by atoms with Crippen molar-refractivity contribution in [3.63, 3.8) is 0 Å². The quantitative estimate of drug-likeness (QED) is 0.508. The SMILES string of the molecule is COc1ccc(CN(Cc2ccc(F)cc2)C(=S)Nc2ccc(Cl)cc2)cc1. The molecule has 0 aliphatic rings. The molecule has 3 aromatic rings. The van der Waals surface area contributed by atoms with E-state index in [1.165, 1.54) is 12.1 Å². The molecule has 0 saturated carbocycles. The second kappa shape index (κ2) is 9.53. The maximum absolute atomic E-state index is 13.2. The average Bonchev–Trinajstić information content (AvgIpc) is 2.71. The number of benzene rings is 3. The summed E-state index contributed by atoms with van der Waals surface area (Å²) in [6, 6.07) is 21.6. The first-order valence-corrected chi connectivity index (χ1v) is 9.51. The van der Waals surface area contributed by atoms with Crippen LogP contribution < -0.4 is 10.1 Å². The van der Waals surface area contributed by atoms with Gasteiger partial charge in [-0.1, -0.05) is 35.9 Å². The van der Waals surface area contributed by atoms with Crippen LogP contribution in [-0.2, 0) is 13.1 Å². The van der Waals surface area contributed by atoms with Crippen molar-refractivity contribution in [3.8, 4) is 5.75 Å². The van der Waals surface area contributed by atoms with Crippen molar-refractivity contribution in [2.45, 2.75) is 13.1 Å². The molecule has 0 spiro atoms. The van der Waals surface area contributed by atoms with Crippen molar-refractivity contribution in [2.24, 2.45) is 0 Å². The summed E-state index contributed by atoms with van der Waals surface area (Å²) in [4.78, 5) is 2.03. The number of thiocarbonyl (C=S) groups is 1. The van der Waals surface area contributed by atoms with Gasteiger partial charge in [-0.2, -0.15) is 0 Å². The van der Waals surface area contributed by atoms with Crippen LogP contribution in [0.2, 0.25) is 5.02 Å². The van der Waals surface area contributed by atoms with Gasteiger partial charge in [0.2, 0.25) is 0 Å². The van der Waals surface area contributed by atoms with E-state index in [4.69, 9.17) is 28.6 Å². The Bertz CT molecular complexity index is 915. The van der Waals surface area contributed by atoms with Crippen LogP contribution in [0, 0.1) is 5.82 Å². The smallest absolute Gasteiger partial charge is 0.174 e. The minimum atomic E-state index is -0.257. The Morgan fingerprint density at radius 3 is 2.00 bits per heavy atom. The summed E-state index contributed by atoms with van der Waals surface area (Å²) in [6.07, 6.45) is 0. The molecule has 0 aromatic heterocycles. The Hall–Kier alpha value is -2.63. The fourth-order valence-corrected chi connectivity index (χ4v) is 3.07. The monoisotopic (exact) mass is 414 g/mol. The maximum atomic E-state index is 13.2. The topological polar surface area (TPSA) is 24.5 Å². The zero-order chi connectivity index (χ0) is 19.9. The van der Waals surface area contributed by atoms with Gasteiger partial charge < -0.3 is 15.0 Å². The molecule has 0 radical (unpaired) electrons. The molecule has 0 bridgehead atoms. The molecular weight excluding hydrogens is 395 g/mol. The fourth-order valence-electron chi connectivity index (χ4n) is 2.70. The van der Waals surface area contributed by atoms with E-state index in [0.29, 0.717) is 23.2 Å². The number of methoxy groups -OCH3 is 1. The lowest BCUT2D eigenvalue weighted by molar-refractivity contribution is 0.407. The van der Waals surface area contributed by atoms with Crippen LogP contribution in [0.25, 0.3) is 0 Å². The van der Waals surface area contributed by atoms with Crippen molar-refractivity contribution >= 4 is 34.6 Å². The Morgan fingerprint density at radius 1 is 0.929 bits per heavy atom. The van der Waals surface area contributed by atoms with E-state index in [-0.39, 0.29) is 5.82 Å². The molecule has 3 nitrogen and oxygen atoms in total. The summed E-state index contributed by atoms with van der Waals surface area (Å²) in [7, 11) is 1.64. The number of hydrogen-bond donors (Lipinski definition) is 1. The molecule has 0 heterocycles. The molecule has 28 heavy (non-hydrogen) atoms. The maximum Gasteiger partial charge on any atom is 0.174 e. The van der Waals surface area contributed by atoms with Crippen molar-refractivity contribution in [1.82, 2.24) is 4.90 Å². The van der Waals surface area contributed by atoms with Gasteiger partial charge in [0.05, 0.1) is 7.11 Å². The molecule has 144 valence electrons. The molecule has 0 unspecified atom stereocenters. The van der Waals surface area contributed by atoms with Crippen LogP contribution >= 0.6 is 23.8 Å². The van der Waals surface area contributed by atoms with Crippen LogP contribution in [0.3, 0.4) is 0 Å². The number of anilines is 1. The van der Waals surface area contributed by atoms with Crippen LogP contribution in [-0.4, -0.2) is 17.1 Å². The highest BCUT2D eigenvalue weighted by atomic mass is 35.5. The van der Waals surface area contributed by atoms with Gasteiger partial charge in [-0.3, -0.25) is 0 Å². The van der Waals surface area contributed by atoms with E-state index < -0.39 is 0 Å². The zero-order valence-corrected chi connectivity index (χ0v) is 16.9. The molecule has 0 amide bonds. The Labute approximate surface area is 174 Å². The van der Waals surface area contributed by atoms with E-state index in [2.05, 4.69) is 5.32 Å². The van der Waals surface area contributed by atoms with E-state index in [0.717, 1.165) is 22.6 Å². The highest BCUT2D eigenvalue weighted by molar-refractivity contribution is 7.80. The molecule has 0 aliphatic heterocycles. The number of hydrogen-bond acceptors (Lipinski definition) is 2. The third-order valence-corrected chi connectivity index (χ3v) is 4.81. The molecule has 0 aliphatic carbocycles. The zero-order valence-electron chi connectivity index (χ0n) is 15.4. The Balaban J connectivity index is 1.78. The van der Waals surface area contributed by atoms with Gasteiger partial charge >= 0.3 is 0 Å². The first kappa shape index (κ1) is 20.1. The van der Waals surface area contributed by atoms with Gasteiger partial charge in [0, 0.05) is 23.8 Å². The second-order valence-corrected chi connectivity index (χ2v) is 7.09. The van der Waals surface area contributed by atoms with E-state index >= 15 is 0 Å². The highest BCUT2D eigenvalue weighted by Crippen LogP contribution is 2.18. The van der Waals surface area contributed by atoms with E-state index in [9.17, 15) is 4.39 Å². The number of rotatable bonds is 6. The molecule has 6 heteroatoms. The summed E-state index contributed by atoms with van der Waals surface area (Å²) >= 11 is 11.6. The average molecular weight is 415 g/mol. The first-order chi connectivity index (χ1) is 13.5. The van der Waals surface area contributed by atoms with E-state index in [1.54, 1.807) is 31.4 Å². The number of ether oxygens (including phenoxy) is 1. The summed E-state index contributed by atoms with van der Waals surface area (Å²) < 4.78 is 18.5. The van der Waals surface area contributed by atoms with Crippen molar-refractivity contribution in [1.29, 1.82) is 0 Å². The van der Waals surface area contributed by atoms with Crippen molar-refractivity contribution in [2.75, 3.05) is 12.4 Å². The standard InChI is InChI=1S/C22H20ClFN2OS/c1-27-21-12-4-17(5-13-21)15-26(14-16-2-8-19(24)9-3-16)22(28)25-20-10-6-18(23)7-11-20/h2-13H,14-15H2,1H3,(H,25,28). The minimum absolute atomic E-state index is 0.257. The Kier molecular flexibility index (Phi) is 6.85. The van der Waals surface area contributed by atoms with E-state index in [1.807, 2.05) is 41.3 Å². The van der Waals surface area contributed by atoms with Crippen molar-refractivity contribution < 1.29 is 9.13 Å². The molecule has 0 fully saturated rings. The third kappa shape index (κ3) is 5.68. The van der Waals surface area contributed by atoms with Crippen LogP contribution in [0.4, 0.5) is 10.1 Å². The van der Waals surface area contributed by atoms with Gasteiger partial charge in [0.15, 0.2) is 5.11 Å². The number of halogens is 2. The predicted octanol–water partition coefficient (Wildman–Crippen LogP) is 5.89. The number of nitrogens with zero attached hydrogens (tertiary/aromatic N) is 1. The molecule has 0 atom stereocenters.